The molecule has 0 unspecified atom stereocenters. The van der Waals surface area contributed by atoms with Crippen molar-refractivity contribution in [2.24, 2.45) is 0 Å². The number of aromatic nitrogens is 2. The molecule has 69 valence electrons. The van der Waals surface area contributed by atoms with E-state index in [4.69, 9.17) is 0 Å². The molecule has 7 heteroatoms. The fraction of sp³-hybridized carbons (Fsp3) is 0. The van der Waals surface area contributed by atoms with Crippen molar-refractivity contribution >= 4 is 32.5 Å². The predicted molar refractivity (Wildman–Crippen MR) is 49.4 cm³/mol. The van der Waals surface area contributed by atoms with E-state index in [0.717, 1.165) is 0 Å². The van der Waals surface area contributed by atoms with Crippen molar-refractivity contribution in [3.8, 4) is 0 Å². The Morgan fingerprint density at radius 3 is 2.86 bits per heavy atom. The average Bonchev–Trinajstić information content (AvgIpc) is 2.47. The first kappa shape index (κ1) is 12.0. The van der Waals surface area contributed by atoms with Crippen molar-refractivity contribution in [1.29, 1.82) is 0 Å². The second-order valence-corrected chi connectivity index (χ2v) is 3.20. The number of nitro benzene ring substituents is 1. The average molecular weight is 382 g/mol. The molecule has 5 nitrogen and oxygen atoms in total. The molecular formula is C7H3BrN3O2Pr-. The molecule has 0 aliphatic rings. The van der Waals surface area contributed by atoms with Crippen LogP contribution in [0.4, 0.5) is 5.69 Å². The monoisotopic (exact) mass is 381 g/mol. The van der Waals surface area contributed by atoms with Gasteiger partial charge in [0, 0.05) is 53.4 Å². The van der Waals surface area contributed by atoms with Gasteiger partial charge >= 0.3 is 0 Å². The summed E-state index contributed by atoms with van der Waals surface area (Å²) in [6.45, 7) is 0. The molecule has 2 rings (SSSR count). The third-order valence-electron chi connectivity index (χ3n) is 1.66. The molecule has 1 aromatic heterocycles. The summed E-state index contributed by atoms with van der Waals surface area (Å²) in [4.78, 5) is 9.98. The number of nitro groups is 1. The van der Waals surface area contributed by atoms with Crippen molar-refractivity contribution in [3.05, 3.63) is 32.9 Å². The molecule has 0 aliphatic carbocycles. The Balaban J connectivity index is 0.000000980. The molecule has 14 heavy (non-hydrogen) atoms. The fourth-order valence-corrected chi connectivity index (χ4v) is 1.44. The van der Waals surface area contributed by atoms with Gasteiger partial charge in [-0.3, -0.25) is 10.1 Å². The van der Waals surface area contributed by atoms with Gasteiger partial charge in [-0.15, -0.1) is 5.52 Å². The first-order valence-electron chi connectivity index (χ1n) is 3.41. The van der Waals surface area contributed by atoms with Gasteiger partial charge in [-0.05, 0) is 21.3 Å². The zero-order valence-corrected chi connectivity index (χ0v) is 12.1. The fourth-order valence-electron chi connectivity index (χ4n) is 1.04. The van der Waals surface area contributed by atoms with E-state index in [9.17, 15) is 10.1 Å². The van der Waals surface area contributed by atoms with Crippen LogP contribution in [-0.2, 0) is 0 Å². The first-order valence-corrected chi connectivity index (χ1v) is 4.21. The van der Waals surface area contributed by atoms with Crippen LogP contribution in [-0.4, -0.2) is 10.0 Å². The van der Waals surface area contributed by atoms with Gasteiger partial charge in [-0.25, -0.2) is 0 Å². The van der Waals surface area contributed by atoms with E-state index < -0.39 is 4.92 Å². The van der Waals surface area contributed by atoms with Gasteiger partial charge in [0.15, 0.2) is 0 Å². The Bertz CT molecular complexity index is 485. The number of hydrogen-bond donors (Lipinski definition) is 0. The maximum Gasteiger partial charge on any atom is 0.270 e. The van der Waals surface area contributed by atoms with Crippen molar-refractivity contribution in [2.45, 2.75) is 0 Å². The maximum atomic E-state index is 10.4. The van der Waals surface area contributed by atoms with Gasteiger partial charge in [0.2, 0.25) is 0 Å². The molecule has 0 aliphatic heterocycles. The Labute approximate surface area is 120 Å². The van der Waals surface area contributed by atoms with Crippen LogP contribution in [0.15, 0.2) is 22.8 Å². The van der Waals surface area contributed by atoms with Crippen LogP contribution in [0.2, 0.25) is 0 Å². The van der Waals surface area contributed by atoms with Crippen molar-refractivity contribution in [3.63, 3.8) is 0 Å². The molecule has 0 bridgehead atoms. The number of non-ortho nitro benzene ring substituents is 1. The van der Waals surface area contributed by atoms with E-state index in [-0.39, 0.29) is 47.0 Å². The molecular weight excluding hydrogens is 379 g/mol. The largest absolute Gasteiger partial charge is 0.574 e. The molecule has 1 heterocycles. The number of rotatable bonds is 1. The smallest absolute Gasteiger partial charge is 0.270 e. The van der Waals surface area contributed by atoms with Crippen LogP contribution in [0, 0.1) is 51.4 Å². The minimum Gasteiger partial charge on any atom is -0.574 e. The van der Waals surface area contributed by atoms with Gasteiger partial charge in [0.05, 0.1) is 9.53 Å². The van der Waals surface area contributed by atoms with Gasteiger partial charge in [-0.2, -0.15) is 0 Å². The normalized spacial score (nSPS) is 9.79. The van der Waals surface area contributed by atoms with Crippen LogP contribution in [0.1, 0.15) is 0 Å². The van der Waals surface area contributed by atoms with Crippen LogP contribution in [0.25, 0.3) is 10.9 Å². The van der Waals surface area contributed by atoms with Gasteiger partial charge < -0.3 is 10.2 Å². The summed E-state index contributed by atoms with van der Waals surface area (Å²) in [5.41, 5.74) is 0.695. The second kappa shape index (κ2) is 4.64. The summed E-state index contributed by atoms with van der Waals surface area (Å²) in [5.74, 6) is 0. The summed E-state index contributed by atoms with van der Waals surface area (Å²) in [7, 11) is 0. The molecule has 0 saturated carbocycles. The van der Waals surface area contributed by atoms with E-state index in [1.54, 1.807) is 6.07 Å². The van der Waals surface area contributed by atoms with Crippen LogP contribution in [0.5, 0.6) is 0 Å². The predicted octanol–water partition coefficient (Wildman–Crippen LogP) is 1.86. The molecule has 0 fully saturated rings. The molecule has 0 saturated heterocycles. The van der Waals surface area contributed by atoms with E-state index in [1.165, 1.54) is 12.1 Å². The van der Waals surface area contributed by atoms with Crippen LogP contribution in [0.3, 0.4) is 0 Å². The Morgan fingerprint density at radius 2 is 2.21 bits per heavy atom. The van der Waals surface area contributed by atoms with Gasteiger partial charge in [0.25, 0.3) is 5.69 Å². The minimum atomic E-state index is -0.446. The van der Waals surface area contributed by atoms with Gasteiger partial charge in [0.1, 0.15) is 0 Å². The molecule has 2 aromatic rings. The molecule has 1 radical (unpaired) electrons. The third-order valence-corrected chi connectivity index (χ3v) is 2.24. The van der Waals surface area contributed by atoms with Crippen LogP contribution >= 0.6 is 15.9 Å². The number of nitrogens with zero attached hydrogens (tertiary/aromatic N) is 3. The molecule has 0 N–H and O–H groups in total. The maximum absolute atomic E-state index is 10.4. The van der Waals surface area contributed by atoms with E-state index >= 15 is 0 Å². The Hall–Kier alpha value is -0.0664. The summed E-state index contributed by atoms with van der Waals surface area (Å²) < 4.78 is 0.534. The van der Waals surface area contributed by atoms with Crippen molar-refractivity contribution in [2.75, 3.05) is 0 Å². The summed E-state index contributed by atoms with van der Waals surface area (Å²) in [5, 5.41) is 18.6. The van der Waals surface area contributed by atoms with E-state index in [2.05, 4.69) is 26.1 Å². The number of halogens is 1. The zero-order valence-electron chi connectivity index (χ0n) is 6.85. The summed E-state index contributed by atoms with van der Waals surface area (Å²) >= 11 is 3.15. The standard InChI is InChI=1S/C7H3BrN3O2.Pr/c8-7-5-3-4(11(12)13)1-2-6(5)9-10-7;/h1-3H;/q-1;. The molecule has 1 aromatic carbocycles. The van der Waals surface area contributed by atoms with E-state index in [1.807, 2.05) is 0 Å². The third kappa shape index (κ3) is 2.12. The quantitative estimate of drug-likeness (QED) is 0.558. The summed E-state index contributed by atoms with van der Waals surface area (Å²) in [6.07, 6.45) is 0. The van der Waals surface area contributed by atoms with Crippen molar-refractivity contribution in [1.82, 2.24) is 10.2 Å². The molecule has 0 atom stereocenters. The SMILES string of the molecule is O=[N+]([O-])c1ccc2[n-]nc(Br)c2c1.[Pr]. The first-order chi connectivity index (χ1) is 6.18. The Kier molecular flexibility index (Phi) is 3.98. The number of benzene rings is 1. The Morgan fingerprint density at radius 1 is 1.50 bits per heavy atom. The summed E-state index contributed by atoms with van der Waals surface area (Å²) in [6, 6.07) is 4.42. The second-order valence-electron chi connectivity index (χ2n) is 2.45. The van der Waals surface area contributed by atoms with Crippen LogP contribution < -0.4 is 5.10 Å². The minimum absolute atomic E-state index is 0. The molecule has 0 amide bonds. The topological polar surface area (TPSA) is 70.1 Å². The van der Waals surface area contributed by atoms with Crippen molar-refractivity contribution < 1.29 is 46.2 Å². The number of hydrogen-bond acceptors (Lipinski definition) is 3. The van der Waals surface area contributed by atoms with Gasteiger partial charge in [-0.1, -0.05) is 6.07 Å². The zero-order chi connectivity index (χ0) is 9.42. The molecule has 0 spiro atoms. The number of fused-ring (bicyclic) bond motifs is 1. The van der Waals surface area contributed by atoms with E-state index in [0.29, 0.717) is 15.5 Å².